The molecule has 1 aromatic rings. The minimum Gasteiger partial charge on any atom is -0.377 e. The first-order valence-corrected chi connectivity index (χ1v) is 7.15. The van der Waals surface area contributed by atoms with Gasteiger partial charge in [0.05, 0.1) is 24.1 Å². The molecule has 0 amide bonds. The normalized spacial score (nSPS) is 16.6. The topological polar surface area (TPSA) is 39.1 Å². The molecule has 0 aromatic carbocycles. The van der Waals surface area contributed by atoms with Gasteiger partial charge in [0.25, 0.3) is 0 Å². The zero-order chi connectivity index (χ0) is 12.8. The van der Waals surface area contributed by atoms with Crippen molar-refractivity contribution in [1.29, 1.82) is 0 Å². The number of aryl methyl sites for hydroxylation is 2. The maximum absolute atomic E-state index is 5.82. The molecule has 0 bridgehead atoms. The van der Waals surface area contributed by atoms with E-state index in [9.17, 15) is 0 Å². The summed E-state index contributed by atoms with van der Waals surface area (Å²) >= 11 is 0. The van der Waals surface area contributed by atoms with Crippen LogP contribution in [0.1, 0.15) is 44.0 Å². The highest BCUT2D eigenvalue weighted by molar-refractivity contribution is 5.08. The van der Waals surface area contributed by atoms with Crippen molar-refractivity contribution in [1.82, 2.24) is 15.1 Å². The van der Waals surface area contributed by atoms with Crippen molar-refractivity contribution in [3.05, 3.63) is 17.5 Å². The lowest BCUT2D eigenvalue weighted by atomic mass is 10.3. The first-order valence-electron chi connectivity index (χ1n) is 7.15. The quantitative estimate of drug-likeness (QED) is 0.756. The standard InChI is InChI=1S/C14H25N3O/c1-3-17-13(10-12(2)16-17)11-15-8-9-18-14-6-4-5-7-14/h10,14-15H,3-9,11H2,1-2H3. The predicted octanol–water partition coefficient (Wildman–Crippen LogP) is 2.26. The zero-order valence-electron chi connectivity index (χ0n) is 11.6. The average molecular weight is 251 g/mol. The summed E-state index contributed by atoms with van der Waals surface area (Å²) in [5.74, 6) is 0. The Hall–Kier alpha value is -0.870. The summed E-state index contributed by atoms with van der Waals surface area (Å²) in [7, 11) is 0. The number of hydrogen-bond acceptors (Lipinski definition) is 3. The highest BCUT2D eigenvalue weighted by Crippen LogP contribution is 2.20. The Morgan fingerprint density at radius 2 is 2.22 bits per heavy atom. The Bertz CT molecular complexity index is 356. The fraction of sp³-hybridized carbons (Fsp3) is 0.786. The molecule has 1 aliphatic rings. The lowest BCUT2D eigenvalue weighted by Gasteiger charge is -2.11. The Balaban J connectivity index is 1.62. The second-order valence-corrected chi connectivity index (χ2v) is 5.05. The second-order valence-electron chi connectivity index (χ2n) is 5.05. The van der Waals surface area contributed by atoms with E-state index in [0.29, 0.717) is 6.10 Å². The van der Waals surface area contributed by atoms with Crippen LogP contribution in [0.25, 0.3) is 0 Å². The molecule has 1 heterocycles. The number of nitrogens with zero attached hydrogens (tertiary/aromatic N) is 2. The summed E-state index contributed by atoms with van der Waals surface area (Å²) in [5, 5.41) is 7.86. The zero-order valence-corrected chi connectivity index (χ0v) is 11.6. The Labute approximate surface area is 110 Å². The SMILES string of the molecule is CCn1nc(C)cc1CNCCOC1CCCC1. The first kappa shape index (κ1) is 13.6. The van der Waals surface area contributed by atoms with Gasteiger partial charge in [0, 0.05) is 19.6 Å². The van der Waals surface area contributed by atoms with E-state index in [1.54, 1.807) is 0 Å². The van der Waals surface area contributed by atoms with Gasteiger partial charge in [-0.3, -0.25) is 4.68 Å². The van der Waals surface area contributed by atoms with Gasteiger partial charge in [-0.1, -0.05) is 12.8 Å². The van der Waals surface area contributed by atoms with E-state index in [-0.39, 0.29) is 0 Å². The molecular formula is C14H25N3O. The summed E-state index contributed by atoms with van der Waals surface area (Å²) in [6, 6.07) is 2.15. The van der Waals surface area contributed by atoms with E-state index >= 15 is 0 Å². The molecule has 0 atom stereocenters. The predicted molar refractivity (Wildman–Crippen MR) is 72.6 cm³/mol. The minimum absolute atomic E-state index is 0.523. The van der Waals surface area contributed by atoms with Crippen molar-refractivity contribution in [2.24, 2.45) is 0 Å². The highest BCUT2D eigenvalue weighted by atomic mass is 16.5. The summed E-state index contributed by atoms with van der Waals surface area (Å²) in [4.78, 5) is 0. The monoisotopic (exact) mass is 251 g/mol. The van der Waals surface area contributed by atoms with Crippen LogP contribution in [0.2, 0.25) is 0 Å². The molecular weight excluding hydrogens is 226 g/mol. The van der Waals surface area contributed by atoms with E-state index in [2.05, 4.69) is 28.1 Å². The van der Waals surface area contributed by atoms with E-state index < -0.39 is 0 Å². The summed E-state index contributed by atoms with van der Waals surface area (Å²) in [6.45, 7) is 7.72. The van der Waals surface area contributed by atoms with Crippen molar-refractivity contribution in [3.63, 3.8) is 0 Å². The molecule has 1 aliphatic carbocycles. The Morgan fingerprint density at radius 3 is 2.94 bits per heavy atom. The molecule has 0 unspecified atom stereocenters. The van der Waals surface area contributed by atoms with Crippen LogP contribution in [-0.4, -0.2) is 29.0 Å². The third kappa shape index (κ3) is 3.82. The van der Waals surface area contributed by atoms with Crippen LogP contribution >= 0.6 is 0 Å². The van der Waals surface area contributed by atoms with Crippen molar-refractivity contribution in [3.8, 4) is 0 Å². The smallest absolute Gasteiger partial charge is 0.0597 e. The van der Waals surface area contributed by atoms with E-state index in [1.807, 2.05) is 6.92 Å². The molecule has 0 radical (unpaired) electrons. The molecule has 4 nitrogen and oxygen atoms in total. The van der Waals surface area contributed by atoms with Gasteiger partial charge in [0.1, 0.15) is 0 Å². The number of nitrogens with one attached hydrogen (secondary N) is 1. The van der Waals surface area contributed by atoms with E-state index in [4.69, 9.17) is 4.74 Å². The molecule has 1 N–H and O–H groups in total. The average Bonchev–Trinajstić information content (AvgIpc) is 2.98. The van der Waals surface area contributed by atoms with Gasteiger partial charge in [-0.05, 0) is 32.8 Å². The van der Waals surface area contributed by atoms with E-state index in [1.165, 1.54) is 31.4 Å². The van der Waals surface area contributed by atoms with Crippen LogP contribution in [-0.2, 0) is 17.8 Å². The summed E-state index contributed by atoms with van der Waals surface area (Å²) in [5.41, 5.74) is 2.35. The number of aromatic nitrogens is 2. The van der Waals surface area contributed by atoms with Crippen LogP contribution in [0.15, 0.2) is 6.07 Å². The van der Waals surface area contributed by atoms with Gasteiger partial charge in [-0.2, -0.15) is 5.10 Å². The van der Waals surface area contributed by atoms with Crippen LogP contribution in [0.3, 0.4) is 0 Å². The van der Waals surface area contributed by atoms with Gasteiger partial charge >= 0.3 is 0 Å². The van der Waals surface area contributed by atoms with Crippen molar-refractivity contribution < 1.29 is 4.74 Å². The summed E-state index contributed by atoms with van der Waals surface area (Å²) in [6.07, 6.45) is 5.71. The molecule has 0 spiro atoms. The molecule has 1 fully saturated rings. The molecule has 1 aromatic heterocycles. The minimum atomic E-state index is 0.523. The molecule has 0 aliphatic heterocycles. The van der Waals surface area contributed by atoms with Gasteiger partial charge in [0.15, 0.2) is 0 Å². The fourth-order valence-electron chi connectivity index (χ4n) is 2.58. The second kappa shape index (κ2) is 6.90. The number of hydrogen-bond donors (Lipinski definition) is 1. The van der Waals surface area contributed by atoms with Crippen LogP contribution < -0.4 is 5.32 Å². The van der Waals surface area contributed by atoms with Gasteiger partial charge < -0.3 is 10.1 Å². The molecule has 2 rings (SSSR count). The Kier molecular flexibility index (Phi) is 5.20. The van der Waals surface area contributed by atoms with Crippen molar-refractivity contribution in [2.45, 2.75) is 58.7 Å². The van der Waals surface area contributed by atoms with Gasteiger partial charge in [0.2, 0.25) is 0 Å². The van der Waals surface area contributed by atoms with Crippen LogP contribution in [0.5, 0.6) is 0 Å². The first-order chi connectivity index (χ1) is 8.79. The highest BCUT2D eigenvalue weighted by Gasteiger charge is 2.14. The number of ether oxygens (including phenoxy) is 1. The summed E-state index contributed by atoms with van der Waals surface area (Å²) < 4.78 is 7.87. The van der Waals surface area contributed by atoms with E-state index in [0.717, 1.165) is 31.9 Å². The maximum Gasteiger partial charge on any atom is 0.0597 e. The maximum atomic E-state index is 5.82. The molecule has 102 valence electrons. The fourth-order valence-corrected chi connectivity index (χ4v) is 2.58. The third-order valence-electron chi connectivity index (χ3n) is 3.53. The molecule has 0 saturated heterocycles. The van der Waals surface area contributed by atoms with Crippen LogP contribution in [0.4, 0.5) is 0 Å². The largest absolute Gasteiger partial charge is 0.377 e. The third-order valence-corrected chi connectivity index (χ3v) is 3.53. The number of rotatable bonds is 7. The molecule has 1 saturated carbocycles. The lowest BCUT2D eigenvalue weighted by molar-refractivity contribution is 0.0602. The van der Waals surface area contributed by atoms with Gasteiger partial charge in [-0.15, -0.1) is 0 Å². The molecule has 18 heavy (non-hydrogen) atoms. The van der Waals surface area contributed by atoms with Crippen LogP contribution in [0, 0.1) is 6.92 Å². The van der Waals surface area contributed by atoms with Gasteiger partial charge in [-0.25, -0.2) is 0 Å². The molecule has 4 heteroatoms. The van der Waals surface area contributed by atoms with Crippen molar-refractivity contribution in [2.75, 3.05) is 13.2 Å². The Morgan fingerprint density at radius 1 is 1.44 bits per heavy atom. The van der Waals surface area contributed by atoms with Crippen molar-refractivity contribution >= 4 is 0 Å². The lowest BCUT2D eigenvalue weighted by Crippen LogP contribution is -2.23.